The molecule has 3 N–H and O–H groups in total. The molecular formula is C9H18N2O3S2. The van der Waals surface area contributed by atoms with Gasteiger partial charge in [-0.1, -0.05) is 0 Å². The zero-order chi connectivity index (χ0) is 12.0. The molecule has 5 nitrogen and oxygen atoms in total. The predicted octanol–water partition coefficient (Wildman–Crippen LogP) is -0.0756. The molecular weight excluding hydrogens is 248 g/mol. The van der Waals surface area contributed by atoms with E-state index < -0.39 is 10.0 Å². The van der Waals surface area contributed by atoms with Crippen molar-refractivity contribution < 1.29 is 13.2 Å². The molecule has 1 amide bonds. The first kappa shape index (κ1) is 13.8. The van der Waals surface area contributed by atoms with E-state index in [-0.39, 0.29) is 18.2 Å². The Balaban J connectivity index is 2.15. The van der Waals surface area contributed by atoms with E-state index in [2.05, 4.69) is 5.32 Å². The summed E-state index contributed by atoms with van der Waals surface area (Å²) in [5.41, 5.74) is 0. The van der Waals surface area contributed by atoms with E-state index in [1.54, 1.807) is 0 Å². The minimum Gasteiger partial charge on any atom is -0.355 e. The zero-order valence-electron chi connectivity index (χ0n) is 9.15. The average Bonchev–Trinajstić information content (AvgIpc) is 2.17. The van der Waals surface area contributed by atoms with E-state index in [4.69, 9.17) is 5.14 Å². The highest BCUT2D eigenvalue weighted by Gasteiger charge is 2.17. The number of nitrogens with two attached hydrogens (primary N) is 1. The lowest BCUT2D eigenvalue weighted by Gasteiger charge is -2.20. The second-order valence-corrected chi connectivity index (χ2v) is 6.94. The Morgan fingerprint density at radius 2 is 2.00 bits per heavy atom. The van der Waals surface area contributed by atoms with Gasteiger partial charge in [0.05, 0.1) is 5.75 Å². The lowest BCUT2D eigenvalue weighted by atomic mass is 9.98. The number of thioether (sulfide) groups is 1. The van der Waals surface area contributed by atoms with Gasteiger partial charge in [-0.2, -0.15) is 11.8 Å². The highest BCUT2D eigenvalue weighted by molar-refractivity contribution is 7.99. The van der Waals surface area contributed by atoms with Crippen LogP contribution in [0.4, 0.5) is 0 Å². The maximum Gasteiger partial charge on any atom is 0.220 e. The molecule has 1 aliphatic rings. The summed E-state index contributed by atoms with van der Waals surface area (Å²) in [6.45, 7) is 0.110. The summed E-state index contributed by atoms with van der Waals surface area (Å²) in [6, 6.07) is 0. The van der Waals surface area contributed by atoms with Crippen LogP contribution in [-0.2, 0) is 14.8 Å². The second-order valence-electron chi connectivity index (χ2n) is 3.98. The van der Waals surface area contributed by atoms with Crippen LogP contribution >= 0.6 is 11.8 Å². The molecule has 1 rings (SSSR count). The molecule has 1 fully saturated rings. The number of hydrogen-bond donors (Lipinski definition) is 2. The maximum atomic E-state index is 11.4. The van der Waals surface area contributed by atoms with Gasteiger partial charge in [-0.15, -0.1) is 0 Å². The quantitative estimate of drug-likeness (QED) is 0.728. The van der Waals surface area contributed by atoms with Gasteiger partial charge in [0.25, 0.3) is 0 Å². The molecule has 0 aliphatic carbocycles. The third-order valence-electron chi connectivity index (χ3n) is 2.52. The molecule has 0 radical (unpaired) electrons. The van der Waals surface area contributed by atoms with Crippen molar-refractivity contribution in [1.82, 2.24) is 5.32 Å². The first-order valence-corrected chi connectivity index (χ1v) is 8.19. The van der Waals surface area contributed by atoms with Gasteiger partial charge >= 0.3 is 0 Å². The summed E-state index contributed by atoms with van der Waals surface area (Å²) in [5, 5.41) is 7.41. The number of rotatable bonds is 5. The zero-order valence-corrected chi connectivity index (χ0v) is 10.8. The Hall–Kier alpha value is -0.270. The maximum absolute atomic E-state index is 11.4. The van der Waals surface area contributed by atoms with Crippen molar-refractivity contribution in [3.8, 4) is 0 Å². The van der Waals surface area contributed by atoms with E-state index in [1.807, 2.05) is 11.8 Å². The van der Waals surface area contributed by atoms with Crippen molar-refractivity contribution >= 4 is 27.7 Å². The van der Waals surface area contributed by atoms with Crippen LogP contribution in [0.3, 0.4) is 0 Å². The molecule has 0 unspecified atom stereocenters. The molecule has 94 valence electrons. The van der Waals surface area contributed by atoms with E-state index in [0.29, 0.717) is 12.3 Å². The van der Waals surface area contributed by atoms with Crippen LogP contribution in [0.5, 0.6) is 0 Å². The molecule has 0 aromatic rings. The third kappa shape index (κ3) is 6.34. The van der Waals surface area contributed by atoms with Crippen molar-refractivity contribution in [2.75, 3.05) is 23.8 Å². The molecule has 7 heteroatoms. The van der Waals surface area contributed by atoms with Crippen LogP contribution in [-0.4, -0.2) is 38.1 Å². The molecule has 16 heavy (non-hydrogen) atoms. The normalized spacial score (nSPS) is 18.3. The van der Waals surface area contributed by atoms with Crippen LogP contribution in [0, 0.1) is 5.92 Å². The highest BCUT2D eigenvalue weighted by Crippen LogP contribution is 2.24. The van der Waals surface area contributed by atoms with E-state index in [0.717, 1.165) is 24.3 Å². The Labute approximate surface area is 101 Å². The van der Waals surface area contributed by atoms with Gasteiger partial charge in [-0.05, 0) is 30.3 Å². The van der Waals surface area contributed by atoms with Crippen molar-refractivity contribution in [3.63, 3.8) is 0 Å². The second kappa shape index (κ2) is 6.46. The molecule has 1 aliphatic heterocycles. The SMILES string of the molecule is NS(=O)(=O)CCNC(=O)CC1CCSCC1. The number of amides is 1. The summed E-state index contributed by atoms with van der Waals surface area (Å²) < 4.78 is 21.3. The molecule has 0 atom stereocenters. The Bertz CT molecular complexity index is 324. The number of nitrogens with one attached hydrogen (secondary N) is 1. The highest BCUT2D eigenvalue weighted by atomic mass is 32.2. The summed E-state index contributed by atoms with van der Waals surface area (Å²) in [7, 11) is -3.47. The molecule has 1 heterocycles. The fourth-order valence-electron chi connectivity index (χ4n) is 1.62. The first-order valence-electron chi connectivity index (χ1n) is 5.32. The Morgan fingerprint density at radius 3 is 2.56 bits per heavy atom. The summed E-state index contributed by atoms with van der Waals surface area (Å²) in [4.78, 5) is 11.4. The van der Waals surface area contributed by atoms with Crippen LogP contribution in [0.25, 0.3) is 0 Å². The van der Waals surface area contributed by atoms with Crippen molar-refractivity contribution in [2.45, 2.75) is 19.3 Å². The summed E-state index contributed by atoms with van der Waals surface area (Å²) >= 11 is 1.92. The molecule has 0 spiro atoms. The Kier molecular flexibility index (Phi) is 5.57. The van der Waals surface area contributed by atoms with Gasteiger partial charge in [0.1, 0.15) is 0 Å². The molecule has 0 aromatic carbocycles. The topological polar surface area (TPSA) is 89.3 Å². The minimum atomic E-state index is -3.47. The van der Waals surface area contributed by atoms with Crippen LogP contribution < -0.4 is 10.5 Å². The van der Waals surface area contributed by atoms with Gasteiger partial charge in [-0.3, -0.25) is 4.79 Å². The smallest absolute Gasteiger partial charge is 0.220 e. The fourth-order valence-corrected chi connectivity index (χ4v) is 3.21. The first-order chi connectivity index (χ1) is 7.47. The van der Waals surface area contributed by atoms with Crippen LogP contribution in [0.2, 0.25) is 0 Å². The van der Waals surface area contributed by atoms with E-state index >= 15 is 0 Å². The van der Waals surface area contributed by atoms with Gasteiger partial charge in [0, 0.05) is 13.0 Å². The monoisotopic (exact) mass is 266 g/mol. The molecule has 1 saturated heterocycles. The van der Waals surface area contributed by atoms with Gasteiger partial charge < -0.3 is 5.32 Å². The average molecular weight is 266 g/mol. The van der Waals surface area contributed by atoms with Gasteiger partial charge in [0.2, 0.25) is 15.9 Å². The van der Waals surface area contributed by atoms with Crippen LogP contribution in [0.15, 0.2) is 0 Å². The van der Waals surface area contributed by atoms with E-state index in [9.17, 15) is 13.2 Å². The third-order valence-corrected chi connectivity index (χ3v) is 4.35. The van der Waals surface area contributed by atoms with Crippen molar-refractivity contribution in [3.05, 3.63) is 0 Å². The lowest BCUT2D eigenvalue weighted by Crippen LogP contribution is -2.32. The number of carbonyl (C=O) groups is 1. The summed E-state index contributed by atoms with van der Waals surface area (Å²) in [6.07, 6.45) is 2.66. The number of hydrogen-bond acceptors (Lipinski definition) is 4. The largest absolute Gasteiger partial charge is 0.355 e. The summed E-state index contributed by atoms with van der Waals surface area (Å²) in [5.74, 6) is 2.43. The van der Waals surface area contributed by atoms with Crippen LogP contribution in [0.1, 0.15) is 19.3 Å². The number of primary sulfonamides is 1. The van der Waals surface area contributed by atoms with Gasteiger partial charge in [-0.25, -0.2) is 13.6 Å². The molecule has 0 saturated carbocycles. The number of sulfonamides is 1. The number of carbonyl (C=O) groups excluding carboxylic acids is 1. The standard InChI is InChI=1S/C9H18N2O3S2/c10-16(13,14)6-3-11-9(12)7-8-1-4-15-5-2-8/h8H,1-7H2,(H,11,12)(H2,10,13,14). The van der Waals surface area contributed by atoms with Crippen molar-refractivity contribution in [1.29, 1.82) is 0 Å². The molecule has 0 bridgehead atoms. The molecule has 0 aromatic heterocycles. The van der Waals surface area contributed by atoms with Crippen molar-refractivity contribution in [2.24, 2.45) is 11.1 Å². The Morgan fingerprint density at radius 1 is 1.38 bits per heavy atom. The fraction of sp³-hybridized carbons (Fsp3) is 0.889. The lowest BCUT2D eigenvalue weighted by molar-refractivity contribution is -0.121. The van der Waals surface area contributed by atoms with E-state index in [1.165, 1.54) is 0 Å². The van der Waals surface area contributed by atoms with Gasteiger partial charge in [0.15, 0.2) is 0 Å². The predicted molar refractivity (Wildman–Crippen MR) is 65.6 cm³/mol. The minimum absolute atomic E-state index is 0.0689.